The van der Waals surface area contributed by atoms with Crippen LogP contribution in [0, 0.1) is 0 Å². The molecule has 0 amide bonds. The van der Waals surface area contributed by atoms with E-state index in [0.29, 0.717) is 10.9 Å². The molecule has 1 heterocycles. The second-order valence-corrected chi connectivity index (χ2v) is 5.33. The van der Waals surface area contributed by atoms with Gasteiger partial charge in [-0.3, -0.25) is 0 Å². The molecule has 9 heavy (non-hydrogen) atoms. The highest BCUT2D eigenvalue weighted by atomic mass is 32.2. The minimum absolute atomic E-state index is 0.612. The Hall–Kier alpha value is 0.440. The van der Waals surface area contributed by atoms with E-state index < -0.39 is 0 Å². The first-order valence-electron chi connectivity index (χ1n) is 3.27. The molecule has 2 heteroatoms. The third kappa shape index (κ3) is 1.94. The third-order valence-corrected chi connectivity index (χ3v) is 4.94. The maximum Gasteiger partial charge on any atom is 0.137 e. The summed E-state index contributed by atoms with van der Waals surface area (Å²) in [5, 5.41) is 2.35. The van der Waals surface area contributed by atoms with Gasteiger partial charge in [0.15, 0.2) is 0 Å². The van der Waals surface area contributed by atoms with Gasteiger partial charge in [0.1, 0.15) is 16.9 Å². The fourth-order valence-electron chi connectivity index (χ4n) is 0.868. The first kappa shape index (κ1) is 7.55. The molecule has 0 aromatic carbocycles. The van der Waals surface area contributed by atoms with Gasteiger partial charge >= 0.3 is 0 Å². The largest absolute Gasteiger partial charge is 0.137 e. The summed E-state index contributed by atoms with van der Waals surface area (Å²) < 4.78 is 0. The van der Waals surface area contributed by atoms with Crippen LogP contribution in [0.4, 0.5) is 0 Å². The van der Waals surface area contributed by atoms with Crippen LogP contribution in [-0.4, -0.2) is 17.8 Å². The fourth-order valence-corrected chi connectivity index (χ4v) is 4.34. The molecule has 0 aromatic heterocycles. The predicted octanol–water partition coefficient (Wildman–Crippen LogP) is 2.23. The molecule has 0 aromatic rings. The lowest BCUT2D eigenvalue weighted by Crippen LogP contribution is -2.12. The first-order chi connectivity index (χ1) is 4.34. The molecule has 52 valence electrons. The average Bonchev–Trinajstić information content (AvgIpc) is 1.89. The Kier molecular flexibility index (Phi) is 2.99. The van der Waals surface area contributed by atoms with Gasteiger partial charge in [-0.15, -0.1) is 11.8 Å². The second kappa shape index (κ2) is 3.57. The van der Waals surface area contributed by atoms with Crippen molar-refractivity contribution >= 4 is 22.7 Å². The molecule has 0 bridgehead atoms. The lowest BCUT2D eigenvalue weighted by atomic mass is 10.5. The smallest absolute Gasteiger partial charge is 0.124 e. The third-order valence-electron chi connectivity index (χ3n) is 1.52. The Morgan fingerprint density at radius 1 is 1.78 bits per heavy atom. The molecule has 0 saturated heterocycles. The minimum Gasteiger partial charge on any atom is -0.124 e. The van der Waals surface area contributed by atoms with E-state index in [1.54, 1.807) is 4.91 Å². The molecule has 0 N–H and O–H groups in total. The van der Waals surface area contributed by atoms with Gasteiger partial charge in [-0.2, -0.15) is 0 Å². The number of allylic oxidation sites excluding steroid dienone is 1. The van der Waals surface area contributed by atoms with Crippen LogP contribution in [0.1, 0.15) is 13.3 Å². The lowest BCUT2D eigenvalue weighted by Gasteiger charge is -2.08. The van der Waals surface area contributed by atoms with E-state index in [-0.39, 0.29) is 0 Å². The Bertz CT molecular complexity index is 118. The first-order valence-corrected chi connectivity index (χ1v) is 6.13. The molecule has 1 aliphatic rings. The summed E-state index contributed by atoms with van der Waals surface area (Å²) in [5.74, 6) is 2.74. The van der Waals surface area contributed by atoms with Crippen molar-refractivity contribution in [2.24, 2.45) is 0 Å². The lowest BCUT2D eigenvalue weighted by molar-refractivity contribution is 1.19. The topological polar surface area (TPSA) is 0 Å². The van der Waals surface area contributed by atoms with Crippen LogP contribution >= 0.6 is 11.8 Å². The molecule has 0 saturated carbocycles. The van der Waals surface area contributed by atoms with E-state index in [4.69, 9.17) is 0 Å². The molecule has 1 unspecified atom stereocenters. The normalized spacial score (nSPS) is 27.8. The highest BCUT2D eigenvalue weighted by Crippen LogP contribution is 2.23. The van der Waals surface area contributed by atoms with Crippen molar-refractivity contribution in [3.8, 4) is 0 Å². The molecular weight excluding hydrogens is 148 g/mol. The molecular formula is C7H13S2+. The summed E-state index contributed by atoms with van der Waals surface area (Å²) in [6.07, 6.45) is 3.61. The van der Waals surface area contributed by atoms with Gasteiger partial charge in [0.2, 0.25) is 0 Å². The number of thioether (sulfide) groups is 1. The standard InChI is InChI=1S/C7H13S2/c1-3-7-6-8-4-5-9(7)2/h6H,3-5H2,1-2H3/q+1. The Balaban J connectivity index is 2.53. The summed E-state index contributed by atoms with van der Waals surface area (Å²) in [4.78, 5) is 1.67. The van der Waals surface area contributed by atoms with E-state index in [1.165, 1.54) is 17.9 Å². The van der Waals surface area contributed by atoms with Crippen molar-refractivity contribution in [2.45, 2.75) is 13.3 Å². The van der Waals surface area contributed by atoms with Crippen molar-refractivity contribution in [2.75, 3.05) is 17.8 Å². The van der Waals surface area contributed by atoms with Crippen LogP contribution in [0.15, 0.2) is 10.3 Å². The van der Waals surface area contributed by atoms with Crippen molar-refractivity contribution in [3.05, 3.63) is 10.3 Å². The monoisotopic (exact) mass is 161 g/mol. The zero-order chi connectivity index (χ0) is 6.69. The average molecular weight is 161 g/mol. The van der Waals surface area contributed by atoms with Gasteiger partial charge in [-0.25, -0.2) is 0 Å². The zero-order valence-electron chi connectivity index (χ0n) is 6.02. The van der Waals surface area contributed by atoms with Crippen molar-refractivity contribution < 1.29 is 0 Å². The Morgan fingerprint density at radius 3 is 3.00 bits per heavy atom. The summed E-state index contributed by atoms with van der Waals surface area (Å²) in [7, 11) is 0.612. The summed E-state index contributed by atoms with van der Waals surface area (Å²) in [6.45, 7) is 2.25. The quantitative estimate of drug-likeness (QED) is 0.531. The van der Waals surface area contributed by atoms with Crippen LogP contribution in [0.2, 0.25) is 0 Å². The summed E-state index contributed by atoms with van der Waals surface area (Å²) in [5.41, 5.74) is 0. The Morgan fingerprint density at radius 2 is 2.56 bits per heavy atom. The molecule has 1 aliphatic heterocycles. The van der Waals surface area contributed by atoms with Gasteiger partial charge < -0.3 is 0 Å². The van der Waals surface area contributed by atoms with Crippen molar-refractivity contribution in [1.29, 1.82) is 0 Å². The maximum absolute atomic E-state index is 2.36. The number of hydrogen-bond donors (Lipinski definition) is 0. The summed E-state index contributed by atoms with van der Waals surface area (Å²) in [6, 6.07) is 0. The summed E-state index contributed by atoms with van der Waals surface area (Å²) >= 11 is 1.98. The second-order valence-electron chi connectivity index (χ2n) is 2.15. The van der Waals surface area contributed by atoms with Gasteiger partial charge in [-0.1, -0.05) is 6.92 Å². The Labute approximate surface area is 64.4 Å². The van der Waals surface area contributed by atoms with Crippen molar-refractivity contribution in [3.63, 3.8) is 0 Å². The van der Waals surface area contributed by atoms with E-state index >= 15 is 0 Å². The highest BCUT2D eigenvalue weighted by Gasteiger charge is 2.19. The molecule has 0 radical (unpaired) electrons. The SMILES string of the molecule is CCC1=CSCC[S+]1C. The molecule has 0 spiro atoms. The van der Waals surface area contributed by atoms with Gasteiger partial charge in [0, 0.05) is 28.5 Å². The van der Waals surface area contributed by atoms with Gasteiger partial charge in [0.25, 0.3) is 0 Å². The van der Waals surface area contributed by atoms with Gasteiger partial charge in [-0.05, 0) is 0 Å². The van der Waals surface area contributed by atoms with Gasteiger partial charge in [0.05, 0.1) is 0 Å². The molecule has 1 atom stereocenters. The van der Waals surface area contributed by atoms with E-state index in [2.05, 4.69) is 18.6 Å². The van der Waals surface area contributed by atoms with E-state index in [0.717, 1.165) is 0 Å². The molecule has 1 rings (SSSR count). The zero-order valence-corrected chi connectivity index (χ0v) is 7.65. The minimum atomic E-state index is 0.612. The van der Waals surface area contributed by atoms with Crippen LogP contribution in [0.3, 0.4) is 0 Å². The number of rotatable bonds is 1. The van der Waals surface area contributed by atoms with Crippen LogP contribution in [0.25, 0.3) is 0 Å². The molecule has 0 aliphatic carbocycles. The van der Waals surface area contributed by atoms with E-state index in [9.17, 15) is 0 Å². The predicted molar refractivity (Wildman–Crippen MR) is 49.0 cm³/mol. The van der Waals surface area contributed by atoms with E-state index in [1.807, 2.05) is 11.8 Å². The fraction of sp³-hybridized carbons (Fsp3) is 0.714. The maximum atomic E-state index is 2.36. The van der Waals surface area contributed by atoms with Crippen LogP contribution in [0.5, 0.6) is 0 Å². The highest BCUT2D eigenvalue weighted by molar-refractivity contribution is 8.07. The molecule has 0 fully saturated rings. The van der Waals surface area contributed by atoms with Crippen molar-refractivity contribution in [1.82, 2.24) is 0 Å². The van der Waals surface area contributed by atoms with Crippen LogP contribution in [-0.2, 0) is 10.9 Å². The molecule has 0 nitrogen and oxygen atoms in total. The van der Waals surface area contributed by atoms with Crippen LogP contribution < -0.4 is 0 Å². The number of hydrogen-bond acceptors (Lipinski definition) is 1.